The molecule has 0 bridgehead atoms. The van der Waals surface area contributed by atoms with Crippen LogP contribution in [0.1, 0.15) is 37.7 Å². The minimum absolute atomic E-state index is 0.274. The molecule has 0 saturated heterocycles. The number of carbonyl (C=O) groups is 1. The van der Waals surface area contributed by atoms with E-state index in [1.54, 1.807) is 26.4 Å². The lowest BCUT2D eigenvalue weighted by Gasteiger charge is -2.19. The van der Waals surface area contributed by atoms with Crippen LogP contribution >= 0.6 is 0 Å². The van der Waals surface area contributed by atoms with Crippen molar-refractivity contribution in [1.82, 2.24) is 0 Å². The molecule has 1 aliphatic heterocycles. The number of cyclic esters (lactones) is 1. The smallest absolute Gasteiger partial charge is 0.363 e. The van der Waals surface area contributed by atoms with Crippen LogP contribution in [0.2, 0.25) is 0 Å². The summed E-state index contributed by atoms with van der Waals surface area (Å²) in [6.45, 7) is 0. The van der Waals surface area contributed by atoms with E-state index in [0.29, 0.717) is 23.1 Å². The molecular weight excluding hydrogens is 294 g/mol. The van der Waals surface area contributed by atoms with Gasteiger partial charge in [0.15, 0.2) is 5.70 Å². The highest BCUT2D eigenvalue weighted by atomic mass is 16.6. The van der Waals surface area contributed by atoms with Gasteiger partial charge in [0.25, 0.3) is 0 Å². The van der Waals surface area contributed by atoms with E-state index in [1.807, 2.05) is 12.1 Å². The topological polar surface area (TPSA) is 57.1 Å². The first-order valence-corrected chi connectivity index (χ1v) is 7.95. The summed E-state index contributed by atoms with van der Waals surface area (Å²) in [5.74, 6) is 1.79. The molecular formula is C18H21NO4. The molecule has 0 amide bonds. The molecule has 5 heteroatoms. The van der Waals surface area contributed by atoms with Gasteiger partial charge in [-0.1, -0.05) is 19.3 Å². The molecule has 2 aliphatic rings. The Bertz CT molecular complexity index is 657. The summed E-state index contributed by atoms with van der Waals surface area (Å²) in [6.07, 6.45) is 7.40. The molecule has 122 valence electrons. The van der Waals surface area contributed by atoms with Crippen LogP contribution in [-0.4, -0.2) is 26.1 Å². The third kappa shape index (κ3) is 3.38. The van der Waals surface area contributed by atoms with Crippen LogP contribution < -0.4 is 9.47 Å². The molecule has 1 fully saturated rings. The number of hydrogen-bond donors (Lipinski definition) is 0. The van der Waals surface area contributed by atoms with Gasteiger partial charge in [-0.3, -0.25) is 0 Å². The average Bonchev–Trinajstić information content (AvgIpc) is 2.97. The summed E-state index contributed by atoms with van der Waals surface area (Å²) in [6, 6.07) is 5.44. The van der Waals surface area contributed by atoms with Crippen molar-refractivity contribution >= 4 is 17.9 Å². The first kappa shape index (κ1) is 15.6. The SMILES string of the molecule is COc1ccc(/C=C2\N=C(C3CCCCC3)OC2=O)c(OC)c1. The monoisotopic (exact) mass is 315 g/mol. The van der Waals surface area contributed by atoms with Crippen LogP contribution in [0.3, 0.4) is 0 Å². The number of methoxy groups -OCH3 is 2. The van der Waals surface area contributed by atoms with Gasteiger partial charge in [0.2, 0.25) is 5.90 Å². The normalized spacial score (nSPS) is 20.3. The van der Waals surface area contributed by atoms with Crippen molar-refractivity contribution in [3.63, 3.8) is 0 Å². The van der Waals surface area contributed by atoms with Crippen LogP contribution in [0.15, 0.2) is 28.9 Å². The van der Waals surface area contributed by atoms with Crippen molar-refractivity contribution in [2.45, 2.75) is 32.1 Å². The van der Waals surface area contributed by atoms with Gasteiger partial charge in [0.1, 0.15) is 11.5 Å². The first-order valence-electron chi connectivity index (χ1n) is 7.95. The first-order chi connectivity index (χ1) is 11.2. The molecule has 1 aromatic rings. The van der Waals surface area contributed by atoms with E-state index in [1.165, 1.54) is 19.3 Å². The standard InChI is InChI=1S/C18H21NO4/c1-21-14-9-8-13(16(11-14)22-2)10-15-18(20)23-17(19-15)12-6-4-3-5-7-12/h8-12H,3-7H2,1-2H3/b15-10-. The van der Waals surface area contributed by atoms with E-state index in [4.69, 9.17) is 14.2 Å². The minimum atomic E-state index is -0.386. The Balaban J connectivity index is 1.86. The molecule has 23 heavy (non-hydrogen) atoms. The molecule has 1 heterocycles. The minimum Gasteiger partial charge on any atom is -0.497 e. The molecule has 0 radical (unpaired) electrons. The highest BCUT2D eigenvalue weighted by Crippen LogP contribution is 2.31. The van der Waals surface area contributed by atoms with Gasteiger partial charge >= 0.3 is 5.97 Å². The molecule has 1 aromatic carbocycles. The zero-order chi connectivity index (χ0) is 16.2. The van der Waals surface area contributed by atoms with Crippen LogP contribution in [0, 0.1) is 5.92 Å². The van der Waals surface area contributed by atoms with Gasteiger partial charge in [0, 0.05) is 17.5 Å². The Morgan fingerprint density at radius 3 is 2.65 bits per heavy atom. The van der Waals surface area contributed by atoms with Crippen molar-refractivity contribution in [3.05, 3.63) is 29.5 Å². The summed E-state index contributed by atoms with van der Waals surface area (Å²) in [5, 5.41) is 0. The fourth-order valence-electron chi connectivity index (χ4n) is 3.03. The second-order valence-electron chi connectivity index (χ2n) is 5.81. The Kier molecular flexibility index (Phi) is 4.65. The molecule has 0 aromatic heterocycles. The van der Waals surface area contributed by atoms with Gasteiger partial charge in [-0.15, -0.1) is 0 Å². The Morgan fingerprint density at radius 2 is 1.96 bits per heavy atom. The Labute approximate surface area is 136 Å². The third-order valence-corrected chi connectivity index (χ3v) is 4.32. The molecule has 0 atom stereocenters. The number of benzene rings is 1. The zero-order valence-electron chi connectivity index (χ0n) is 13.5. The second kappa shape index (κ2) is 6.86. The lowest BCUT2D eigenvalue weighted by atomic mass is 9.89. The maximum absolute atomic E-state index is 12.1. The number of carbonyl (C=O) groups excluding carboxylic acids is 1. The maximum atomic E-state index is 12.1. The summed E-state index contributed by atoms with van der Waals surface area (Å²) in [7, 11) is 3.18. The molecule has 0 unspecified atom stereocenters. The van der Waals surface area contributed by atoms with Crippen molar-refractivity contribution in [3.8, 4) is 11.5 Å². The second-order valence-corrected chi connectivity index (χ2v) is 5.81. The maximum Gasteiger partial charge on any atom is 0.363 e. The van der Waals surface area contributed by atoms with E-state index in [9.17, 15) is 4.79 Å². The van der Waals surface area contributed by atoms with Crippen molar-refractivity contribution in [2.75, 3.05) is 14.2 Å². The van der Waals surface area contributed by atoms with E-state index in [2.05, 4.69) is 4.99 Å². The largest absolute Gasteiger partial charge is 0.497 e. The summed E-state index contributed by atoms with van der Waals surface area (Å²) in [4.78, 5) is 16.5. The lowest BCUT2D eigenvalue weighted by molar-refractivity contribution is -0.130. The lowest BCUT2D eigenvalue weighted by Crippen LogP contribution is -2.19. The number of aliphatic imine (C=N–C) groups is 1. The fourth-order valence-corrected chi connectivity index (χ4v) is 3.03. The number of nitrogens with zero attached hydrogens (tertiary/aromatic N) is 1. The van der Waals surface area contributed by atoms with Crippen molar-refractivity contribution in [1.29, 1.82) is 0 Å². The Morgan fingerprint density at radius 1 is 1.17 bits per heavy atom. The van der Waals surface area contributed by atoms with E-state index >= 15 is 0 Å². The molecule has 0 spiro atoms. The number of ether oxygens (including phenoxy) is 3. The van der Waals surface area contributed by atoms with Gasteiger partial charge in [0.05, 0.1) is 14.2 Å². The molecule has 0 N–H and O–H groups in total. The zero-order valence-corrected chi connectivity index (χ0v) is 13.5. The summed E-state index contributed by atoms with van der Waals surface area (Å²) < 4.78 is 15.9. The Hall–Kier alpha value is -2.30. The molecule has 1 saturated carbocycles. The van der Waals surface area contributed by atoms with Crippen LogP contribution in [-0.2, 0) is 9.53 Å². The average molecular weight is 315 g/mol. The quantitative estimate of drug-likeness (QED) is 0.629. The van der Waals surface area contributed by atoms with E-state index in [-0.39, 0.29) is 11.9 Å². The van der Waals surface area contributed by atoms with E-state index < -0.39 is 0 Å². The molecule has 3 rings (SSSR count). The van der Waals surface area contributed by atoms with Crippen molar-refractivity contribution in [2.24, 2.45) is 10.9 Å². The van der Waals surface area contributed by atoms with Gasteiger partial charge in [-0.05, 0) is 31.1 Å². The van der Waals surface area contributed by atoms with Gasteiger partial charge < -0.3 is 14.2 Å². The summed E-state index contributed by atoms with van der Waals surface area (Å²) >= 11 is 0. The predicted molar refractivity (Wildman–Crippen MR) is 87.6 cm³/mol. The predicted octanol–water partition coefficient (Wildman–Crippen LogP) is 3.58. The highest BCUT2D eigenvalue weighted by molar-refractivity contribution is 6.08. The van der Waals surface area contributed by atoms with Crippen molar-refractivity contribution < 1.29 is 19.0 Å². The number of hydrogen-bond acceptors (Lipinski definition) is 5. The van der Waals surface area contributed by atoms with Crippen LogP contribution in [0.5, 0.6) is 11.5 Å². The summed E-state index contributed by atoms with van der Waals surface area (Å²) in [5.41, 5.74) is 1.10. The third-order valence-electron chi connectivity index (χ3n) is 4.32. The number of rotatable bonds is 4. The molecule has 5 nitrogen and oxygen atoms in total. The van der Waals surface area contributed by atoms with Crippen LogP contribution in [0.25, 0.3) is 6.08 Å². The number of esters is 1. The van der Waals surface area contributed by atoms with Gasteiger partial charge in [-0.2, -0.15) is 0 Å². The van der Waals surface area contributed by atoms with E-state index in [0.717, 1.165) is 18.4 Å². The highest BCUT2D eigenvalue weighted by Gasteiger charge is 2.30. The van der Waals surface area contributed by atoms with Gasteiger partial charge in [-0.25, -0.2) is 9.79 Å². The van der Waals surface area contributed by atoms with Crippen LogP contribution in [0.4, 0.5) is 0 Å². The fraction of sp³-hybridized carbons (Fsp3) is 0.444. The molecule has 1 aliphatic carbocycles.